The normalized spacial score (nSPS) is 26.5. The Morgan fingerprint density at radius 2 is 2.06 bits per heavy atom. The molecule has 1 heterocycles. The lowest BCUT2D eigenvalue weighted by Crippen LogP contribution is -2.51. The SMILES string of the molecule is CCNC(C)(CO)CC(C)N1CCCC1C(C)C. The standard InChI is InChI=1S/C15H32N2O/c1-6-16-15(5,11-18)10-13(4)17-9-7-8-14(17)12(2)3/h12-14,16,18H,6-11H2,1-5H3. The van der Waals surface area contributed by atoms with Crippen molar-refractivity contribution < 1.29 is 5.11 Å². The summed E-state index contributed by atoms with van der Waals surface area (Å²) in [6.45, 7) is 13.5. The molecule has 1 rings (SSSR count). The molecule has 1 fully saturated rings. The monoisotopic (exact) mass is 256 g/mol. The van der Waals surface area contributed by atoms with Gasteiger partial charge in [-0.3, -0.25) is 4.90 Å². The summed E-state index contributed by atoms with van der Waals surface area (Å²) >= 11 is 0. The van der Waals surface area contributed by atoms with Gasteiger partial charge in [-0.25, -0.2) is 0 Å². The summed E-state index contributed by atoms with van der Waals surface area (Å²) in [6.07, 6.45) is 3.67. The Kier molecular flexibility index (Phi) is 6.09. The topological polar surface area (TPSA) is 35.5 Å². The lowest BCUT2D eigenvalue weighted by molar-refractivity contribution is 0.0957. The highest BCUT2D eigenvalue weighted by molar-refractivity contribution is 4.91. The summed E-state index contributed by atoms with van der Waals surface area (Å²) in [5, 5.41) is 13.0. The molecule has 108 valence electrons. The molecular formula is C15H32N2O. The van der Waals surface area contributed by atoms with Crippen LogP contribution < -0.4 is 5.32 Å². The van der Waals surface area contributed by atoms with Crippen LogP contribution in [0.2, 0.25) is 0 Å². The van der Waals surface area contributed by atoms with E-state index in [-0.39, 0.29) is 12.1 Å². The molecule has 0 aliphatic carbocycles. The molecule has 0 aromatic rings. The van der Waals surface area contributed by atoms with Crippen LogP contribution in [0, 0.1) is 5.92 Å². The second kappa shape index (κ2) is 6.88. The zero-order chi connectivity index (χ0) is 13.8. The zero-order valence-electron chi connectivity index (χ0n) is 12.9. The van der Waals surface area contributed by atoms with E-state index in [9.17, 15) is 5.11 Å². The fourth-order valence-electron chi connectivity index (χ4n) is 3.47. The van der Waals surface area contributed by atoms with Gasteiger partial charge in [0.05, 0.1) is 6.61 Å². The minimum atomic E-state index is -0.141. The first kappa shape index (κ1) is 15.9. The maximum atomic E-state index is 9.60. The van der Waals surface area contributed by atoms with Gasteiger partial charge in [-0.05, 0) is 52.1 Å². The molecule has 0 radical (unpaired) electrons. The van der Waals surface area contributed by atoms with Crippen LogP contribution in [-0.2, 0) is 0 Å². The lowest BCUT2D eigenvalue weighted by atomic mass is 9.92. The third kappa shape index (κ3) is 3.94. The van der Waals surface area contributed by atoms with Gasteiger partial charge in [-0.15, -0.1) is 0 Å². The Morgan fingerprint density at radius 3 is 2.56 bits per heavy atom. The van der Waals surface area contributed by atoms with Crippen LogP contribution in [0.3, 0.4) is 0 Å². The molecule has 0 spiro atoms. The van der Waals surface area contributed by atoms with Crippen molar-refractivity contribution in [3.05, 3.63) is 0 Å². The van der Waals surface area contributed by atoms with Crippen LogP contribution in [0.25, 0.3) is 0 Å². The highest BCUT2D eigenvalue weighted by Gasteiger charge is 2.34. The fraction of sp³-hybridized carbons (Fsp3) is 1.00. The van der Waals surface area contributed by atoms with Crippen molar-refractivity contribution in [1.82, 2.24) is 10.2 Å². The Hall–Kier alpha value is -0.120. The predicted molar refractivity (Wildman–Crippen MR) is 77.8 cm³/mol. The summed E-state index contributed by atoms with van der Waals surface area (Å²) in [6, 6.07) is 1.26. The molecule has 3 heteroatoms. The van der Waals surface area contributed by atoms with Gasteiger partial charge in [0.15, 0.2) is 0 Å². The van der Waals surface area contributed by atoms with E-state index >= 15 is 0 Å². The Labute approximate surface area is 113 Å². The summed E-state index contributed by atoms with van der Waals surface area (Å²) in [7, 11) is 0. The van der Waals surface area contributed by atoms with Crippen LogP contribution in [0.4, 0.5) is 0 Å². The van der Waals surface area contributed by atoms with Gasteiger partial charge in [-0.2, -0.15) is 0 Å². The smallest absolute Gasteiger partial charge is 0.0611 e. The molecule has 0 aromatic carbocycles. The average Bonchev–Trinajstić information content (AvgIpc) is 2.78. The third-order valence-corrected chi connectivity index (χ3v) is 4.38. The maximum Gasteiger partial charge on any atom is 0.0611 e. The molecule has 0 amide bonds. The second-order valence-corrected chi connectivity index (χ2v) is 6.49. The number of nitrogens with zero attached hydrogens (tertiary/aromatic N) is 1. The van der Waals surface area contributed by atoms with Gasteiger partial charge in [-0.1, -0.05) is 20.8 Å². The number of hydrogen-bond acceptors (Lipinski definition) is 3. The molecule has 0 bridgehead atoms. The van der Waals surface area contributed by atoms with Gasteiger partial charge in [0.25, 0.3) is 0 Å². The van der Waals surface area contributed by atoms with Gasteiger partial charge < -0.3 is 10.4 Å². The highest BCUT2D eigenvalue weighted by atomic mass is 16.3. The van der Waals surface area contributed by atoms with Gasteiger partial charge >= 0.3 is 0 Å². The van der Waals surface area contributed by atoms with Crippen LogP contribution in [0.1, 0.15) is 53.9 Å². The number of likely N-dealkylation sites (tertiary alicyclic amines) is 1. The maximum absolute atomic E-state index is 9.60. The molecule has 18 heavy (non-hydrogen) atoms. The number of aliphatic hydroxyl groups is 1. The van der Waals surface area contributed by atoms with Crippen molar-refractivity contribution >= 4 is 0 Å². The van der Waals surface area contributed by atoms with Crippen molar-refractivity contribution in [3.8, 4) is 0 Å². The number of rotatable bonds is 7. The Bertz CT molecular complexity index is 245. The van der Waals surface area contributed by atoms with Crippen molar-refractivity contribution in [2.75, 3.05) is 19.7 Å². The van der Waals surface area contributed by atoms with Crippen LogP contribution in [-0.4, -0.2) is 47.3 Å². The Morgan fingerprint density at radius 1 is 1.39 bits per heavy atom. The van der Waals surface area contributed by atoms with Crippen molar-refractivity contribution in [2.45, 2.75) is 71.5 Å². The van der Waals surface area contributed by atoms with Crippen molar-refractivity contribution in [3.63, 3.8) is 0 Å². The van der Waals surface area contributed by atoms with Gasteiger partial charge in [0, 0.05) is 17.6 Å². The number of nitrogens with one attached hydrogen (secondary N) is 1. The number of hydrogen-bond donors (Lipinski definition) is 2. The van der Waals surface area contributed by atoms with Crippen molar-refractivity contribution in [1.29, 1.82) is 0 Å². The van der Waals surface area contributed by atoms with E-state index in [1.54, 1.807) is 0 Å². The molecule has 1 saturated heterocycles. The minimum absolute atomic E-state index is 0.141. The molecule has 1 aliphatic heterocycles. The second-order valence-electron chi connectivity index (χ2n) is 6.49. The fourth-order valence-corrected chi connectivity index (χ4v) is 3.47. The molecule has 3 unspecified atom stereocenters. The van der Waals surface area contributed by atoms with E-state index in [1.807, 2.05) is 0 Å². The van der Waals surface area contributed by atoms with E-state index in [4.69, 9.17) is 0 Å². The third-order valence-electron chi connectivity index (χ3n) is 4.38. The zero-order valence-corrected chi connectivity index (χ0v) is 12.9. The van der Waals surface area contributed by atoms with E-state index in [2.05, 4.69) is 44.8 Å². The first-order valence-electron chi connectivity index (χ1n) is 7.55. The molecule has 3 atom stereocenters. The summed E-state index contributed by atoms with van der Waals surface area (Å²) < 4.78 is 0. The van der Waals surface area contributed by atoms with Crippen LogP contribution >= 0.6 is 0 Å². The summed E-state index contributed by atoms with van der Waals surface area (Å²) in [5.74, 6) is 0.731. The number of aliphatic hydroxyl groups excluding tert-OH is 1. The summed E-state index contributed by atoms with van der Waals surface area (Å²) in [4.78, 5) is 2.65. The average molecular weight is 256 g/mol. The van der Waals surface area contributed by atoms with E-state index in [0.717, 1.165) is 24.9 Å². The first-order chi connectivity index (χ1) is 8.43. The van der Waals surface area contributed by atoms with Crippen LogP contribution in [0.5, 0.6) is 0 Å². The molecule has 0 aromatic heterocycles. The van der Waals surface area contributed by atoms with E-state index in [0.29, 0.717) is 6.04 Å². The predicted octanol–water partition coefficient (Wildman–Crippen LogP) is 2.25. The number of likely N-dealkylation sites (N-methyl/N-ethyl adjacent to an activating group) is 1. The van der Waals surface area contributed by atoms with Crippen LogP contribution in [0.15, 0.2) is 0 Å². The minimum Gasteiger partial charge on any atom is -0.394 e. The highest BCUT2D eigenvalue weighted by Crippen LogP contribution is 2.28. The van der Waals surface area contributed by atoms with Crippen molar-refractivity contribution in [2.24, 2.45) is 5.92 Å². The molecule has 2 N–H and O–H groups in total. The first-order valence-corrected chi connectivity index (χ1v) is 7.55. The lowest BCUT2D eigenvalue weighted by Gasteiger charge is -2.38. The van der Waals surface area contributed by atoms with E-state index < -0.39 is 0 Å². The molecule has 0 saturated carbocycles. The molecule has 3 nitrogen and oxygen atoms in total. The molecular weight excluding hydrogens is 224 g/mol. The quantitative estimate of drug-likeness (QED) is 0.733. The Balaban J connectivity index is 2.60. The van der Waals surface area contributed by atoms with Gasteiger partial charge in [0.1, 0.15) is 0 Å². The van der Waals surface area contributed by atoms with E-state index in [1.165, 1.54) is 19.4 Å². The largest absolute Gasteiger partial charge is 0.394 e. The summed E-state index contributed by atoms with van der Waals surface area (Å²) in [5.41, 5.74) is -0.141. The molecule has 1 aliphatic rings. The van der Waals surface area contributed by atoms with Gasteiger partial charge in [0.2, 0.25) is 0 Å².